The number of anilines is 1. The van der Waals surface area contributed by atoms with Crippen molar-refractivity contribution in [2.24, 2.45) is 5.92 Å². The molecule has 2 N–H and O–H groups in total. The third kappa shape index (κ3) is 5.76. The van der Waals surface area contributed by atoms with Crippen LogP contribution in [0.25, 0.3) is 0 Å². The zero-order valence-corrected chi connectivity index (χ0v) is 19.5. The van der Waals surface area contributed by atoms with Crippen molar-refractivity contribution in [3.05, 3.63) is 70.2 Å². The molecule has 0 bridgehead atoms. The fraction of sp³-hybridized carbons (Fsp3) is 0.292. The van der Waals surface area contributed by atoms with Crippen LogP contribution in [0.5, 0.6) is 5.75 Å². The number of para-hydroxylation sites is 1. The summed E-state index contributed by atoms with van der Waals surface area (Å²) >= 11 is 0.946. The summed E-state index contributed by atoms with van der Waals surface area (Å²) in [5, 5.41) is 13.7. The van der Waals surface area contributed by atoms with Gasteiger partial charge in [-0.1, -0.05) is 41.7 Å². The molecular formula is C24H25N5O4S. The van der Waals surface area contributed by atoms with Gasteiger partial charge in [0, 0.05) is 25.3 Å². The molecule has 3 amide bonds. The van der Waals surface area contributed by atoms with E-state index in [9.17, 15) is 14.4 Å². The molecule has 3 aromatic rings. The molecule has 176 valence electrons. The first-order valence-electron chi connectivity index (χ1n) is 10.9. The summed E-state index contributed by atoms with van der Waals surface area (Å²) in [6.07, 6.45) is 1.42. The van der Waals surface area contributed by atoms with E-state index in [2.05, 4.69) is 20.8 Å². The summed E-state index contributed by atoms with van der Waals surface area (Å²) in [5.74, 6) is -0.367. The summed E-state index contributed by atoms with van der Waals surface area (Å²) in [5.41, 5.74) is 1.60. The second kappa shape index (κ2) is 10.9. The van der Waals surface area contributed by atoms with Gasteiger partial charge in [0.2, 0.25) is 15.9 Å². The molecule has 0 unspecified atom stereocenters. The Morgan fingerprint density at radius 3 is 2.53 bits per heavy atom. The Morgan fingerprint density at radius 1 is 1.06 bits per heavy atom. The summed E-state index contributed by atoms with van der Waals surface area (Å²) in [6, 6.07) is 16.5. The summed E-state index contributed by atoms with van der Waals surface area (Å²) in [4.78, 5) is 39.7. The number of ether oxygens (including phenoxy) is 1. The lowest BCUT2D eigenvalue weighted by Crippen LogP contribution is -2.45. The molecule has 0 radical (unpaired) electrons. The maximum Gasteiger partial charge on any atom is 0.286 e. The lowest BCUT2D eigenvalue weighted by atomic mass is 9.97. The second-order valence-corrected chi connectivity index (χ2v) is 8.87. The standard InChI is InChI=1S/C24H25N5O4S/c1-33-19-11-9-16(10-12-19)14-25-20(30)17-6-5-13-29(15-17)24(32)23-28-27-22(34-23)21(31)26-18-7-3-2-4-8-18/h2-4,7-12,17H,5-6,13-15H2,1H3,(H,25,30)(H,26,31)/t17-/m0/s1. The number of nitrogens with zero attached hydrogens (tertiary/aromatic N) is 3. The fourth-order valence-electron chi connectivity index (χ4n) is 3.70. The SMILES string of the molecule is COc1ccc(CNC(=O)[C@H]2CCCN(C(=O)c3nnc(C(=O)Nc4ccccc4)s3)C2)cc1. The van der Waals surface area contributed by atoms with E-state index >= 15 is 0 Å². The minimum Gasteiger partial charge on any atom is -0.497 e. The highest BCUT2D eigenvalue weighted by molar-refractivity contribution is 7.15. The lowest BCUT2D eigenvalue weighted by Gasteiger charge is -2.31. The van der Waals surface area contributed by atoms with E-state index in [4.69, 9.17) is 4.74 Å². The number of benzene rings is 2. The smallest absolute Gasteiger partial charge is 0.286 e. The molecule has 1 aliphatic heterocycles. The number of rotatable bonds is 7. The summed E-state index contributed by atoms with van der Waals surface area (Å²) < 4.78 is 5.15. The molecule has 2 aromatic carbocycles. The van der Waals surface area contributed by atoms with Crippen LogP contribution in [0.1, 0.15) is 38.0 Å². The third-order valence-corrected chi connectivity index (χ3v) is 6.45. The molecule has 1 atom stereocenters. The normalized spacial score (nSPS) is 15.4. The van der Waals surface area contributed by atoms with Crippen LogP contribution in [-0.2, 0) is 11.3 Å². The maximum absolute atomic E-state index is 13.0. The second-order valence-electron chi connectivity index (χ2n) is 7.89. The largest absolute Gasteiger partial charge is 0.497 e. The minimum atomic E-state index is -0.419. The minimum absolute atomic E-state index is 0.0893. The van der Waals surface area contributed by atoms with Crippen LogP contribution in [0.3, 0.4) is 0 Å². The Hall–Kier alpha value is -3.79. The van der Waals surface area contributed by atoms with Crippen molar-refractivity contribution in [3.8, 4) is 5.75 Å². The van der Waals surface area contributed by atoms with Gasteiger partial charge in [0.25, 0.3) is 11.8 Å². The van der Waals surface area contributed by atoms with E-state index in [0.29, 0.717) is 38.2 Å². The number of hydrogen-bond acceptors (Lipinski definition) is 7. The number of likely N-dealkylation sites (tertiary alicyclic amines) is 1. The van der Waals surface area contributed by atoms with E-state index in [-0.39, 0.29) is 27.7 Å². The number of amides is 3. The molecule has 1 saturated heterocycles. The van der Waals surface area contributed by atoms with Gasteiger partial charge in [-0.05, 0) is 42.7 Å². The van der Waals surface area contributed by atoms with Gasteiger partial charge >= 0.3 is 0 Å². The lowest BCUT2D eigenvalue weighted by molar-refractivity contribution is -0.126. The van der Waals surface area contributed by atoms with Gasteiger partial charge in [0.05, 0.1) is 13.0 Å². The number of carbonyl (C=O) groups excluding carboxylic acids is 3. The number of methoxy groups -OCH3 is 1. The zero-order chi connectivity index (χ0) is 23.9. The Balaban J connectivity index is 1.32. The number of aromatic nitrogens is 2. The van der Waals surface area contributed by atoms with Gasteiger partial charge in [0.15, 0.2) is 0 Å². The quantitative estimate of drug-likeness (QED) is 0.539. The molecule has 0 spiro atoms. The Kier molecular flexibility index (Phi) is 7.48. The first-order valence-corrected chi connectivity index (χ1v) is 11.7. The molecule has 0 saturated carbocycles. The topological polar surface area (TPSA) is 114 Å². The monoisotopic (exact) mass is 479 g/mol. The first kappa shape index (κ1) is 23.4. The van der Waals surface area contributed by atoms with E-state index in [1.807, 2.05) is 42.5 Å². The highest BCUT2D eigenvalue weighted by Crippen LogP contribution is 2.21. The summed E-state index contributed by atoms with van der Waals surface area (Å²) in [6.45, 7) is 1.24. The van der Waals surface area contributed by atoms with Crippen LogP contribution in [0.2, 0.25) is 0 Å². The average molecular weight is 480 g/mol. The van der Waals surface area contributed by atoms with Crippen molar-refractivity contribution in [1.29, 1.82) is 0 Å². The molecule has 9 nitrogen and oxygen atoms in total. The highest BCUT2D eigenvalue weighted by Gasteiger charge is 2.30. The number of nitrogens with one attached hydrogen (secondary N) is 2. The molecule has 34 heavy (non-hydrogen) atoms. The van der Waals surface area contributed by atoms with Crippen molar-refractivity contribution in [2.75, 3.05) is 25.5 Å². The maximum atomic E-state index is 13.0. The highest BCUT2D eigenvalue weighted by atomic mass is 32.1. The van der Waals surface area contributed by atoms with Gasteiger partial charge in [-0.15, -0.1) is 10.2 Å². The molecule has 2 heterocycles. The van der Waals surface area contributed by atoms with Crippen molar-refractivity contribution in [2.45, 2.75) is 19.4 Å². The average Bonchev–Trinajstić information content (AvgIpc) is 3.38. The van der Waals surface area contributed by atoms with Gasteiger partial charge in [-0.25, -0.2) is 0 Å². The van der Waals surface area contributed by atoms with Gasteiger partial charge in [-0.2, -0.15) is 0 Å². The van der Waals surface area contributed by atoms with E-state index in [1.54, 1.807) is 24.1 Å². The molecule has 1 aromatic heterocycles. The van der Waals surface area contributed by atoms with Crippen LogP contribution in [0.15, 0.2) is 54.6 Å². The molecular weight excluding hydrogens is 454 g/mol. The third-order valence-electron chi connectivity index (χ3n) is 5.54. The van der Waals surface area contributed by atoms with E-state index in [1.165, 1.54) is 0 Å². The first-order chi connectivity index (χ1) is 16.5. The van der Waals surface area contributed by atoms with Crippen LogP contribution in [-0.4, -0.2) is 53.0 Å². The van der Waals surface area contributed by atoms with Crippen molar-refractivity contribution in [1.82, 2.24) is 20.4 Å². The van der Waals surface area contributed by atoms with Crippen LogP contribution >= 0.6 is 11.3 Å². The Labute approximate surface area is 201 Å². The van der Waals surface area contributed by atoms with E-state index in [0.717, 1.165) is 22.6 Å². The Morgan fingerprint density at radius 2 is 1.79 bits per heavy atom. The van der Waals surface area contributed by atoms with Crippen molar-refractivity contribution >= 4 is 34.7 Å². The predicted octanol–water partition coefficient (Wildman–Crippen LogP) is 2.97. The zero-order valence-electron chi connectivity index (χ0n) is 18.7. The summed E-state index contributed by atoms with van der Waals surface area (Å²) in [7, 11) is 1.61. The van der Waals surface area contributed by atoms with Crippen LogP contribution in [0, 0.1) is 5.92 Å². The number of carbonyl (C=O) groups is 3. The predicted molar refractivity (Wildman–Crippen MR) is 128 cm³/mol. The fourth-order valence-corrected chi connectivity index (χ4v) is 4.40. The van der Waals surface area contributed by atoms with Gasteiger partial charge < -0.3 is 20.3 Å². The van der Waals surface area contributed by atoms with Gasteiger partial charge in [0.1, 0.15) is 5.75 Å². The number of hydrogen-bond donors (Lipinski definition) is 2. The molecule has 1 fully saturated rings. The molecule has 4 rings (SSSR count). The Bertz CT molecular complexity index is 1150. The van der Waals surface area contributed by atoms with Crippen molar-refractivity contribution in [3.63, 3.8) is 0 Å². The molecule has 0 aliphatic carbocycles. The van der Waals surface area contributed by atoms with Crippen LogP contribution in [0.4, 0.5) is 5.69 Å². The molecule has 1 aliphatic rings. The van der Waals surface area contributed by atoms with Crippen molar-refractivity contribution < 1.29 is 19.1 Å². The van der Waals surface area contributed by atoms with Crippen LogP contribution < -0.4 is 15.4 Å². The van der Waals surface area contributed by atoms with E-state index < -0.39 is 5.91 Å². The molecule has 10 heteroatoms. The van der Waals surface area contributed by atoms with Gasteiger partial charge in [-0.3, -0.25) is 14.4 Å². The number of piperidine rings is 1.